The fourth-order valence-corrected chi connectivity index (χ4v) is 1.68. The number of aliphatic hydroxyl groups is 1. The summed E-state index contributed by atoms with van der Waals surface area (Å²) in [5.41, 5.74) is 2.48. The van der Waals surface area contributed by atoms with Crippen molar-refractivity contribution in [3.8, 4) is 0 Å². The van der Waals surface area contributed by atoms with Crippen LogP contribution < -0.4 is 0 Å². The second-order valence-corrected chi connectivity index (χ2v) is 3.93. The van der Waals surface area contributed by atoms with Crippen molar-refractivity contribution in [2.24, 2.45) is 0 Å². The van der Waals surface area contributed by atoms with Crippen LogP contribution >= 0.6 is 0 Å². The third-order valence-electron chi connectivity index (χ3n) is 2.67. The summed E-state index contributed by atoms with van der Waals surface area (Å²) in [6, 6.07) is 8.38. The molecule has 0 aliphatic heterocycles. The van der Waals surface area contributed by atoms with Crippen LogP contribution in [-0.4, -0.2) is 25.4 Å². The lowest BCUT2D eigenvalue weighted by Crippen LogP contribution is -2.05. The minimum atomic E-state index is 0.215. The molecule has 0 amide bonds. The second kappa shape index (κ2) is 6.59. The lowest BCUT2D eigenvalue weighted by Gasteiger charge is -2.14. The molecule has 0 saturated heterocycles. The molecule has 84 valence electrons. The molecule has 0 aliphatic carbocycles. The first-order chi connectivity index (χ1) is 7.27. The normalized spacial score (nSPS) is 12.7. The van der Waals surface area contributed by atoms with E-state index in [1.54, 1.807) is 7.11 Å². The lowest BCUT2D eigenvalue weighted by molar-refractivity contribution is 0.183. The maximum absolute atomic E-state index is 9.31. The Hall–Kier alpha value is -0.860. The number of hydrogen-bond donors (Lipinski definition) is 1. The topological polar surface area (TPSA) is 29.5 Å². The molecule has 1 atom stereocenters. The van der Waals surface area contributed by atoms with Crippen molar-refractivity contribution in [1.82, 2.24) is 0 Å². The molecule has 0 bridgehead atoms. The van der Waals surface area contributed by atoms with Crippen molar-refractivity contribution in [2.75, 3.05) is 20.3 Å². The average molecular weight is 208 g/mol. The Kier molecular flexibility index (Phi) is 5.37. The van der Waals surface area contributed by atoms with Crippen LogP contribution in [0.3, 0.4) is 0 Å². The molecule has 1 unspecified atom stereocenters. The highest BCUT2D eigenvalue weighted by Gasteiger charge is 2.09. The van der Waals surface area contributed by atoms with Gasteiger partial charge in [0.25, 0.3) is 0 Å². The summed E-state index contributed by atoms with van der Waals surface area (Å²) in [5, 5.41) is 9.31. The van der Waals surface area contributed by atoms with Gasteiger partial charge in [0, 0.05) is 26.2 Å². The molecule has 1 rings (SSSR count). The van der Waals surface area contributed by atoms with Crippen LogP contribution in [0, 0.1) is 6.92 Å². The molecule has 0 heterocycles. The van der Waals surface area contributed by atoms with Crippen molar-refractivity contribution in [3.05, 3.63) is 35.4 Å². The predicted octanol–water partition coefficient (Wildman–Crippen LogP) is 2.50. The Morgan fingerprint density at radius 1 is 1.27 bits per heavy atom. The molecule has 0 fully saturated rings. The SMILES string of the molecule is COCCCC(CO)c1ccc(C)cc1. The first-order valence-electron chi connectivity index (χ1n) is 5.44. The lowest BCUT2D eigenvalue weighted by atomic mass is 9.94. The molecule has 0 radical (unpaired) electrons. The van der Waals surface area contributed by atoms with E-state index in [4.69, 9.17) is 4.74 Å². The highest BCUT2D eigenvalue weighted by atomic mass is 16.5. The van der Waals surface area contributed by atoms with E-state index in [9.17, 15) is 5.11 Å². The van der Waals surface area contributed by atoms with E-state index in [2.05, 4.69) is 31.2 Å². The summed E-state index contributed by atoms with van der Waals surface area (Å²) >= 11 is 0. The summed E-state index contributed by atoms with van der Waals surface area (Å²) in [4.78, 5) is 0. The number of methoxy groups -OCH3 is 1. The van der Waals surface area contributed by atoms with Gasteiger partial charge in [-0.15, -0.1) is 0 Å². The second-order valence-electron chi connectivity index (χ2n) is 3.93. The maximum atomic E-state index is 9.31. The molecule has 2 heteroatoms. The highest BCUT2D eigenvalue weighted by molar-refractivity contribution is 5.24. The number of hydrogen-bond acceptors (Lipinski definition) is 2. The number of aryl methyl sites for hydroxylation is 1. The Balaban J connectivity index is 2.53. The molecule has 0 aromatic heterocycles. The van der Waals surface area contributed by atoms with E-state index in [1.807, 2.05) is 0 Å². The minimum absolute atomic E-state index is 0.215. The first kappa shape index (κ1) is 12.2. The van der Waals surface area contributed by atoms with Crippen LogP contribution in [0.5, 0.6) is 0 Å². The van der Waals surface area contributed by atoms with Crippen LogP contribution in [0.2, 0.25) is 0 Å². The van der Waals surface area contributed by atoms with E-state index in [0.29, 0.717) is 0 Å². The Morgan fingerprint density at radius 3 is 2.47 bits per heavy atom. The Morgan fingerprint density at radius 2 is 1.93 bits per heavy atom. The summed E-state index contributed by atoms with van der Waals surface area (Å²) in [5.74, 6) is 0.251. The first-order valence-corrected chi connectivity index (χ1v) is 5.44. The molecule has 2 nitrogen and oxygen atoms in total. The number of benzene rings is 1. The summed E-state index contributed by atoms with van der Waals surface area (Å²) in [6.07, 6.45) is 1.98. The number of ether oxygens (including phenoxy) is 1. The van der Waals surface area contributed by atoms with Crippen molar-refractivity contribution in [1.29, 1.82) is 0 Å². The van der Waals surface area contributed by atoms with Gasteiger partial charge < -0.3 is 9.84 Å². The van der Waals surface area contributed by atoms with Gasteiger partial charge in [0.05, 0.1) is 0 Å². The third kappa shape index (κ3) is 4.02. The van der Waals surface area contributed by atoms with Crippen LogP contribution in [0.25, 0.3) is 0 Å². The standard InChI is InChI=1S/C13H20O2/c1-11-5-7-12(8-6-11)13(10-14)4-3-9-15-2/h5-8,13-14H,3-4,9-10H2,1-2H3. The van der Waals surface area contributed by atoms with Crippen LogP contribution in [0.15, 0.2) is 24.3 Å². The summed E-state index contributed by atoms with van der Waals surface area (Å²) in [6.45, 7) is 3.05. The van der Waals surface area contributed by atoms with Crippen molar-refractivity contribution >= 4 is 0 Å². The molecular formula is C13H20O2. The van der Waals surface area contributed by atoms with E-state index in [-0.39, 0.29) is 12.5 Å². The van der Waals surface area contributed by atoms with Gasteiger partial charge >= 0.3 is 0 Å². The van der Waals surface area contributed by atoms with Gasteiger partial charge in [0.1, 0.15) is 0 Å². The van der Waals surface area contributed by atoms with Gasteiger partial charge in [-0.25, -0.2) is 0 Å². The smallest absolute Gasteiger partial charge is 0.0499 e. The highest BCUT2D eigenvalue weighted by Crippen LogP contribution is 2.21. The zero-order valence-corrected chi connectivity index (χ0v) is 9.57. The van der Waals surface area contributed by atoms with Crippen LogP contribution in [0.4, 0.5) is 0 Å². The Bertz CT molecular complexity index is 266. The molecule has 1 aromatic rings. The molecule has 0 saturated carbocycles. The van der Waals surface area contributed by atoms with E-state index < -0.39 is 0 Å². The van der Waals surface area contributed by atoms with Crippen LogP contribution in [-0.2, 0) is 4.74 Å². The number of rotatable bonds is 6. The third-order valence-corrected chi connectivity index (χ3v) is 2.67. The summed E-state index contributed by atoms with van der Waals surface area (Å²) in [7, 11) is 1.71. The summed E-state index contributed by atoms with van der Waals surface area (Å²) < 4.78 is 5.01. The quantitative estimate of drug-likeness (QED) is 0.728. The fourth-order valence-electron chi connectivity index (χ4n) is 1.68. The Labute approximate surface area is 91.9 Å². The van der Waals surface area contributed by atoms with E-state index in [1.165, 1.54) is 11.1 Å². The van der Waals surface area contributed by atoms with Gasteiger partial charge in [0.2, 0.25) is 0 Å². The predicted molar refractivity (Wildman–Crippen MR) is 62.1 cm³/mol. The molecular weight excluding hydrogens is 188 g/mol. The fraction of sp³-hybridized carbons (Fsp3) is 0.538. The van der Waals surface area contributed by atoms with E-state index >= 15 is 0 Å². The zero-order valence-electron chi connectivity index (χ0n) is 9.57. The number of aliphatic hydroxyl groups excluding tert-OH is 1. The maximum Gasteiger partial charge on any atom is 0.0499 e. The molecule has 1 aromatic carbocycles. The van der Waals surface area contributed by atoms with Gasteiger partial charge in [-0.1, -0.05) is 29.8 Å². The van der Waals surface area contributed by atoms with Gasteiger partial charge in [-0.3, -0.25) is 0 Å². The van der Waals surface area contributed by atoms with Gasteiger partial charge in [0.15, 0.2) is 0 Å². The monoisotopic (exact) mass is 208 g/mol. The van der Waals surface area contributed by atoms with Crippen molar-refractivity contribution < 1.29 is 9.84 Å². The molecule has 15 heavy (non-hydrogen) atoms. The molecule has 0 spiro atoms. The zero-order chi connectivity index (χ0) is 11.1. The molecule has 1 N–H and O–H groups in total. The van der Waals surface area contributed by atoms with E-state index in [0.717, 1.165) is 19.4 Å². The average Bonchev–Trinajstić information content (AvgIpc) is 2.26. The van der Waals surface area contributed by atoms with Crippen molar-refractivity contribution in [3.63, 3.8) is 0 Å². The van der Waals surface area contributed by atoms with Crippen molar-refractivity contribution in [2.45, 2.75) is 25.7 Å². The minimum Gasteiger partial charge on any atom is -0.396 e. The molecule has 0 aliphatic rings. The van der Waals surface area contributed by atoms with Crippen LogP contribution in [0.1, 0.15) is 29.9 Å². The van der Waals surface area contributed by atoms with Gasteiger partial charge in [-0.2, -0.15) is 0 Å². The van der Waals surface area contributed by atoms with Gasteiger partial charge in [-0.05, 0) is 25.3 Å². The largest absolute Gasteiger partial charge is 0.396 e.